The molecule has 0 aromatic heterocycles. The van der Waals surface area contributed by atoms with E-state index in [1.807, 2.05) is 0 Å². The van der Waals surface area contributed by atoms with Crippen molar-refractivity contribution >= 4 is 0 Å². The molecule has 0 atom stereocenters. The quantitative estimate of drug-likeness (QED) is 0.610. The van der Waals surface area contributed by atoms with Gasteiger partial charge < -0.3 is 9.80 Å². The second kappa shape index (κ2) is 4.47. The molecule has 0 amide bonds. The number of likely N-dealkylation sites (N-methyl/N-ethyl adjacent to an activating group) is 1. The molecule has 2 heteroatoms. The Labute approximate surface area is 81.5 Å². The molecule has 1 rings (SSSR count). The van der Waals surface area contributed by atoms with Crippen LogP contribution in [0, 0.1) is 0 Å². The van der Waals surface area contributed by atoms with Crippen molar-refractivity contribution in [2.24, 2.45) is 0 Å². The molecule has 1 aliphatic heterocycles. The van der Waals surface area contributed by atoms with Crippen LogP contribution in [0.15, 0.2) is 24.4 Å². The number of piperidine rings is 1. The third-order valence-electron chi connectivity index (χ3n) is 2.42. The second-order valence-electron chi connectivity index (χ2n) is 4.04. The van der Waals surface area contributed by atoms with E-state index in [9.17, 15) is 0 Å². The highest BCUT2D eigenvalue weighted by Gasteiger charge is 2.13. The van der Waals surface area contributed by atoms with Gasteiger partial charge in [0, 0.05) is 25.3 Å². The van der Waals surface area contributed by atoms with E-state index in [1.54, 1.807) is 0 Å². The van der Waals surface area contributed by atoms with Crippen LogP contribution in [0.2, 0.25) is 0 Å². The van der Waals surface area contributed by atoms with Gasteiger partial charge in [0.2, 0.25) is 0 Å². The minimum atomic E-state index is 0.965. The van der Waals surface area contributed by atoms with Crippen molar-refractivity contribution < 1.29 is 0 Å². The van der Waals surface area contributed by atoms with Gasteiger partial charge in [-0.1, -0.05) is 18.7 Å². The minimum absolute atomic E-state index is 0.965. The molecule has 1 aliphatic rings. The van der Waals surface area contributed by atoms with Gasteiger partial charge in [0.25, 0.3) is 0 Å². The lowest BCUT2D eigenvalue weighted by Gasteiger charge is -2.32. The van der Waals surface area contributed by atoms with Crippen LogP contribution in [-0.4, -0.2) is 43.5 Å². The first-order chi connectivity index (χ1) is 6.09. The van der Waals surface area contributed by atoms with E-state index in [-0.39, 0.29) is 0 Å². The molecule has 13 heavy (non-hydrogen) atoms. The molecule has 74 valence electrons. The molecule has 2 nitrogen and oxygen atoms in total. The highest BCUT2D eigenvalue weighted by molar-refractivity contribution is 5.05. The molecule has 0 aromatic rings. The standard InChI is InChI=1S/C11H20N2/c1-10-5-7-13(8-6-10)11(2)9-12(3)4/h1-2,5-9H2,3-4H3. The largest absolute Gasteiger partial charge is 0.374 e. The molecular weight excluding hydrogens is 160 g/mol. The molecule has 1 heterocycles. The van der Waals surface area contributed by atoms with Gasteiger partial charge in [-0.15, -0.1) is 0 Å². The summed E-state index contributed by atoms with van der Waals surface area (Å²) in [6.07, 6.45) is 2.26. The highest BCUT2D eigenvalue weighted by Crippen LogP contribution is 2.17. The summed E-state index contributed by atoms with van der Waals surface area (Å²) in [7, 11) is 4.15. The number of hydrogen-bond donors (Lipinski definition) is 0. The number of hydrogen-bond acceptors (Lipinski definition) is 2. The first-order valence-corrected chi connectivity index (χ1v) is 4.83. The van der Waals surface area contributed by atoms with Crippen LogP contribution in [0.4, 0.5) is 0 Å². The summed E-state index contributed by atoms with van der Waals surface area (Å²) in [5, 5.41) is 0. The van der Waals surface area contributed by atoms with Gasteiger partial charge in [-0.25, -0.2) is 0 Å². The predicted octanol–water partition coefficient (Wildman–Crippen LogP) is 1.71. The second-order valence-corrected chi connectivity index (χ2v) is 4.04. The van der Waals surface area contributed by atoms with Crippen molar-refractivity contribution in [1.82, 2.24) is 9.80 Å². The molecule has 1 fully saturated rings. The molecule has 0 aliphatic carbocycles. The normalized spacial score (nSPS) is 18.1. The van der Waals surface area contributed by atoms with Crippen LogP contribution in [0.1, 0.15) is 12.8 Å². The lowest BCUT2D eigenvalue weighted by molar-refractivity contribution is 0.287. The molecule has 0 spiro atoms. The van der Waals surface area contributed by atoms with Crippen molar-refractivity contribution in [2.45, 2.75) is 12.8 Å². The summed E-state index contributed by atoms with van der Waals surface area (Å²) in [5.41, 5.74) is 2.62. The number of likely N-dealkylation sites (tertiary alicyclic amines) is 1. The Hall–Kier alpha value is -0.760. The van der Waals surface area contributed by atoms with E-state index in [0.29, 0.717) is 0 Å². The highest BCUT2D eigenvalue weighted by atomic mass is 15.2. The van der Waals surface area contributed by atoms with Gasteiger partial charge in [-0.2, -0.15) is 0 Å². The SMILES string of the molecule is C=C1CCN(C(=C)CN(C)C)CC1. The Morgan fingerprint density at radius 2 is 1.92 bits per heavy atom. The van der Waals surface area contributed by atoms with Crippen LogP contribution < -0.4 is 0 Å². The summed E-state index contributed by atoms with van der Waals surface area (Å²) >= 11 is 0. The third-order valence-corrected chi connectivity index (χ3v) is 2.42. The summed E-state index contributed by atoms with van der Waals surface area (Å²) in [4.78, 5) is 4.53. The first kappa shape index (κ1) is 10.3. The van der Waals surface area contributed by atoms with Gasteiger partial charge >= 0.3 is 0 Å². The monoisotopic (exact) mass is 180 g/mol. The maximum atomic E-state index is 4.10. The van der Waals surface area contributed by atoms with Crippen molar-refractivity contribution in [3.63, 3.8) is 0 Å². The molecular formula is C11H20N2. The molecule has 0 saturated carbocycles. The van der Waals surface area contributed by atoms with Gasteiger partial charge in [0.05, 0.1) is 0 Å². The summed E-state index contributed by atoms with van der Waals surface area (Å²) < 4.78 is 0. The van der Waals surface area contributed by atoms with Crippen molar-refractivity contribution in [3.05, 3.63) is 24.4 Å². The zero-order valence-electron chi connectivity index (χ0n) is 8.84. The Balaban J connectivity index is 2.35. The van der Waals surface area contributed by atoms with Crippen LogP contribution >= 0.6 is 0 Å². The number of rotatable bonds is 3. The average Bonchev–Trinajstić information content (AvgIpc) is 2.04. The van der Waals surface area contributed by atoms with Gasteiger partial charge in [-0.05, 0) is 26.9 Å². The summed E-state index contributed by atoms with van der Waals surface area (Å²) in [6, 6.07) is 0. The van der Waals surface area contributed by atoms with Gasteiger partial charge in [0.15, 0.2) is 0 Å². The van der Waals surface area contributed by atoms with Crippen molar-refractivity contribution in [2.75, 3.05) is 33.7 Å². The van der Waals surface area contributed by atoms with Gasteiger partial charge in [-0.3, -0.25) is 0 Å². The Morgan fingerprint density at radius 1 is 1.38 bits per heavy atom. The Morgan fingerprint density at radius 3 is 2.38 bits per heavy atom. The molecule has 0 N–H and O–H groups in total. The molecule has 0 unspecified atom stereocenters. The van der Waals surface area contributed by atoms with E-state index < -0.39 is 0 Å². The Kier molecular flexibility index (Phi) is 3.55. The summed E-state index contributed by atoms with van der Waals surface area (Å²) in [5.74, 6) is 0. The van der Waals surface area contributed by atoms with E-state index in [1.165, 1.54) is 11.3 Å². The lowest BCUT2D eigenvalue weighted by atomic mass is 10.1. The molecule has 0 bridgehead atoms. The van der Waals surface area contributed by atoms with E-state index in [4.69, 9.17) is 0 Å². The van der Waals surface area contributed by atoms with E-state index in [0.717, 1.165) is 32.5 Å². The molecule has 0 aromatic carbocycles. The first-order valence-electron chi connectivity index (χ1n) is 4.83. The zero-order chi connectivity index (χ0) is 9.84. The van der Waals surface area contributed by atoms with Gasteiger partial charge in [0.1, 0.15) is 0 Å². The zero-order valence-corrected chi connectivity index (χ0v) is 8.84. The van der Waals surface area contributed by atoms with Crippen LogP contribution in [-0.2, 0) is 0 Å². The fraction of sp³-hybridized carbons (Fsp3) is 0.636. The predicted molar refractivity (Wildman–Crippen MR) is 57.6 cm³/mol. The number of nitrogens with zero attached hydrogens (tertiary/aromatic N) is 2. The topological polar surface area (TPSA) is 6.48 Å². The van der Waals surface area contributed by atoms with E-state index in [2.05, 4.69) is 37.1 Å². The summed E-state index contributed by atoms with van der Waals surface area (Å²) in [6.45, 7) is 11.3. The molecule has 1 saturated heterocycles. The van der Waals surface area contributed by atoms with Crippen molar-refractivity contribution in [1.29, 1.82) is 0 Å². The fourth-order valence-corrected chi connectivity index (χ4v) is 1.60. The minimum Gasteiger partial charge on any atom is -0.374 e. The van der Waals surface area contributed by atoms with E-state index >= 15 is 0 Å². The fourth-order valence-electron chi connectivity index (χ4n) is 1.60. The Bertz CT molecular complexity index is 196. The van der Waals surface area contributed by atoms with Crippen LogP contribution in [0.3, 0.4) is 0 Å². The average molecular weight is 180 g/mol. The van der Waals surface area contributed by atoms with Crippen LogP contribution in [0.5, 0.6) is 0 Å². The maximum absolute atomic E-state index is 4.10. The lowest BCUT2D eigenvalue weighted by Crippen LogP contribution is -2.33. The molecule has 0 radical (unpaired) electrons. The van der Waals surface area contributed by atoms with Crippen LogP contribution in [0.25, 0.3) is 0 Å². The smallest absolute Gasteiger partial charge is 0.0371 e. The third kappa shape index (κ3) is 3.23. The van der Waals surface area contributed by atoms with Crippen molar-refractivity contribution in [3.8, 4) is 0 Å². The maximum Gasteiger partial charge on any atom is 0.0371 e.